The average Bonchev–Trinajstić information content (AvgIpc) is 2.71. The van der Waals surface area contributed by atoms with Gasteiger partial charge >= 0.3 is 6.09 Å². The summed E-state index contributed by atoms with van der Waals surface area (Å²) < 4.78 is 4.71. The van der Waals surface area contributed by atoms with E-state index in [9.17, 15) is 9.59 Å². The van der Waals surface area contributed by atoms with Gasteiger partial charge in [-0.3, -0.25) is 10.1 Å². The molecule has 1 rings (SSSR count). The van der Waals surface area contributed by atoms with Gasteiger partial charge in [-0.05, 0) is 0 Å². The van der Waals surface area contributed by atoms with E-state index in [0.29, 0.717) is 23.8 Å². The van der Waals surface area contributed by atoms with E-state index in [1.54, 1.807) is 5.38 Å². The second-order valence-corrected chi connectivity index (χ2v) is 3.58. The second kappa shape index (κ2) is 6.57. The number of aromatic nitrogens is 1. The van der Waals surface area contributed by atoms with Crippen LogP contribution in [0.2, 0.25) is 0 Å². The zero-order valence-corrected chi connectivity index (χ0v) is 9.25. The number of thiazole rings is 1. The summed E-state index contributed by atoms with van der Waals surface area (Å²) >= 11 is 1.33. The van der Waals surface area contributed by atoms with Gasteiger partial charge in [0.15, 0.2) is 0 Å². The van der Waals surface area contributed by atoms with E-state index in [1.165, 1.54) is 17.4 Å². The first kappa shape index (κ1) is 12.2. The molecule has 0 spiro atoms. The van der Waals surface area contributed by atoms with Crippen LogP contribution in [0.1, 0.15) is 5.01 Å². The van der Waals surface area contributed by atoms with Gasteiger partial charge in [-0.15, -0.1) is 11.3 Å². The molecule has 0 atom stereocenters. The van der Waals surface area contributed by atoms with E-state index in [4.69, 9.17) is 4.74 Å². The van der Waals surface area contributed by atoms with Crippen LogP contribution in [0, 0.1) is 0 Å². The van der Waals surface area contributed by atoms with Gasteiger partial charge in [-0.2, -0.15) is 0 Å². The Morgan fingerprint density at radius 2 is 2.50 bits per heavy atom. The van der Waals surface area contributed by atoms with E-state index < -0.39 is 6.09 Å². The Morgan fingerprint density at radius 1 is 1.69 bits per heavy atom. The van der Waals surface area contributed by atoms with Crippen molar-refractivity contribution in [1.29, 1.82) is 0 Å². The van der Waals surface area contributed by atoms with Crippen LogP contribution in [0.15, 0.2) is 18.0 Å². The molecule has 0 radical (unpaired) electrons. The molecular weight excluding hydrogens is 230 g/mol. The van der Waals surface area contributed by atoms with E-state index >= 15 is 0 Å². The SMILES string of the molecule is C=CCOC(=O)Nc1csc(CNC=O)n1. The second-order valence-electron chi connectivity index (χ2n) is 2.64. The first-order chi connectivity index (χ1) is 7.76. The zero-order valence-electron chi connectivity index (χ0n) is 8.43. The fourth-order valence-electron chi connectivity index (χ4n) is 0.854. The Bertz CT molecular complexity index is 378. The summed E-state index contributed by atoms with van der Waals surface area (Å²) in [5.74, 6) is 0.404. The zero-order chi connectivity index (χ0) is 11.8. The molecule has 86 valence electrons. The molecule has 6 nitrogen and oxygen atoms in total. The minimum atomic E-state index is -0.583. The standard InChI is InChI=1S/C9H11N3O3S/c1-2-3-15-9(14)12-7-5-16-8(11-7)4-10-6-13/h2,5-6H,1,3-4H2,(H,10,13)(H,12,14). The largest absolute Gasteiger partial charge is 0.445 e. The van der Waals surface area contributed by atoms with Crippen LogP contribution in [-0.4, -0.2) is 24.1 Å². The lowest BCUT2D eigenvalue weighted by molar-refractivity contribution is -0.109. The highest BCUT2D eigenvalue weighted by atomic mass is 32.1. The minimum Gasteiger partial charge on any atom is -0.445 e. The summed E-state index contributed by atoms with van der Waals surface area (Å²) in [5.41, 5.74) is 0. The van der Waals surface area contributed by atoms with Gasteiger partial charge in [0.05, 0.1) is 6.54 Å². The van der Waals surface area contributed by atoms with Crippen LogP contribution >= 0.6 is 11.3 Å². The summed E-state index contributed by atoms with van der Waals surface area (Å²) in [5, 5.41) is 7.29. The number of hydrogen-bond donors (Lipinski definition) is 2. The summed E-state index contributed by atoms with van der Waals surface area (Å²) in [6, 6.07) is 0. The Kier molecular flexibility index (Phi) is 5.00. The highest BCUT2D eigenvalue weighted by molar-refractivity contribution is 7.10. The molecule has 7 heteroatoms. The van der Waals surface area contributed by atoms with Crippen molar-refractivity contribution in [1.82, 2.24) is 10.3 Å². The molecule has 1 aromatic rings. The normalized spacial score (nSPS) is 9.25. The molecule has 0 aromatic carbocycles. The highest BCUT2D eigenvalue weighted by Gasteiger charge is 2.06. The van der Waals surface area contributed by atoms with Crippen molar-refractivity contribution in [3.05, 3.63) is 23.0 Å². The average molecular weight is 241 g/mol. The fraction of sp³-hybridized carbons (Fsp3) is 0.222. The Hall–Kier alpha value is -1.89. The van der Waals surface area contributed by atoms with Crippen LogP contribution in [0.3, 0.4) is 0 Å². The molecule has 0 saturated carbocycles. The quantitative estimate of drug-likeness (QED) is 0.577. The van der Waals surface area contributed by atoms with Crippen molar-refractivity contribution in [3.63, 3.8) is 0 Å². The van der Waals surface area contributed by atoms with Gasteiger partial charge in [-0.1, -0.05) is 12.7 Å². The molecule has 0 unspecified atom stereocenters. The Balaban J connectivity index is 2.41. The van der Waals surface area contributed by atoms with E-state index in [-0.39, 0.29) is 6.61 Å². The molecule has 0 aliphatic rings. The van der Waals surface area contributed by atoms with Gasteiger partial charge in [0.25, 0.3) is 0 Å². The van der Waals surface area contributed by atoms with Crippen LogP contribution < -0.4 is 10.6 Å². The molecule has 2 N–H and O–H groups in total. The molecule has 0 fully saturated rings. The molecule has 0 aliphatic heterocycles. The molecule has 1 heterocycles. The lowest BCUT2D eigenvalue weighted by atomic mass is 10.6. The Morgan fingerprint density at radius 3 is 3.19 bits per heavy atom. The predicted octanol–water partition coefficient (Wildman–Crippen LogP) is 1.12. The van der Waals surface area contributed by atoms with Crippen molar-refractivity contribution in [3.8, 4) is 0 Å². The lowest BCUT2D eigenvalue weighted by Crippen LogP contribution is -2.14. The molecule has 16 heavy (non-hydrogen) atoms. The van der Waals surface area contributed by atoms with Crippen molar-refractivity contribution < 1.29 is 14.3 Å². The third-order valence-electron chi connectivity index (χ3n) is 1.45. The van der Waals surface area contributed by atoms with Crippen molar-refractivity contribution in [2.75, 3.05) is 11.9 Å². The van der Waals surface area contributed by atoms with Crippen LogP contribution in [0.4, 0.5) is 10.6 Å². The van der Waals surface area contributed by atoms with Gasteiger partial charge in [0, 0.05) is 5.38 Å². The minimum absolute atomic E-state index is 0.148. The Labute approximate surface area is 96.3 Å². The number of hydrogen-bond acceptors (Lipinski definition) is 5. The van der Waals surface area contributed by atoms with E-state index in [1.807, 2.05) is 0 Å². The number of carbonyl (C=O) groups excluding carboxylic acids is 2. The third kappa shape index (κ3) is 4.09. The number of rotatable bonds is 6. The van der Waals surface area contributed by atoms with Crippen molar-refractivity contribution >= 4 is 29.7 Å². The molecule has 0 saturated heterocycles. The van der Waals surface area contributed by atoms with Gasteiger partial charge < -0.3 is 10.1 Å². The molecule has 0 aliphatic carbocycles. The van der Waals surface area contributed by atoms with Crippen molar-refractivity contribution in [2.45, 2.75) is 6.54 Å². The number of carbonyl (C=O) groups is 2. The number of nitrogens with zero attached hydrogens (tertiary/aromatic N) is 1. The van der Waals surface area contributed by atoms with Gasteiger partial charge in [0.1, 0.15) is 17.4 Å². The molecule has 2 amide bonds. The first-order valence-corrected chi connectivity index (χ1v) is 5.30. The van der Waals surface area contributed by atoms with Crippen LogP contribution in [0.5, 0.6) is 0 Å². The first-order valence-electron chi connectivity index (χ1n) is 4.42. The van der Waals surface area contributed by atoms with E-state index in [2.05, 4.69) is 22.2 Å². The van der Waals surface area contributed by atoms with Crippen LogP contribution in [0.25, 0.3) is 0 Å². The van der Waals surface area contributed by atoms with Gasteiger partial charge in [0.2, 0.25) is 6.41 Å². The summed E-state index contributed by atoms with van der Waals surface area (Å²) in [6.07, 6.45) is 1.48. The number of anilines is 1. The fourth-order valence-corrected chi connectivity index (χ4v) is 1.53. The molecule has 0 bridgehead atoms. The third-order valence-corrected chi connectivity index (χ3v) is 2.30. The summed E-state index contributed by atoms with van der Waals surface area (Å²) in [6.45, 7) is 3.91. The molecular formula is C9H11N3O3S. The smallest absolute Gasteiger partial charge is 0.413 e. The van der Waals surface area contributed by atoms with Gasteiger partial charge in [-0.25, -0.2) is 9.78 Å². The van der Waals surface area contributed by atoms with Crippen LogP contribution in [-0.2, 0) is 16.1 Å². The predicted molar refractivity (Wildman–Crippen MR) is 60.2 cm³/mol. The van der Waals surface area contributed by atoms with E-state index in [0.717, 1.165) is 0 Å². The van der Waals surface area contributed by atoms with Crippen molar-refractivity contribution in [2.24, 2.45) is 0 Å². The maximum Gasteiger partial charge on any atom is 0.413 e. The summed E-state index contributed by atoms with van der Waals surface area (Å²) in [7, 11) is 0. The lowest BCUT2D eigenvalue weighted by Gasteiger charge is -2.01. The summed E-state index contributed by atoms with van der Waals surface area (Å²) in [4.78, 5) is 25.2. The highest BCUT2D eigenvalue weighted by Crippen LogP contribution is 2.13. The maximum atomic E-state index is 11.1. The topological polar surface area (TPSA) is 80.3 Å². The number of amides is 2. The monoisotopic (exact) mass is 241 g/mol. The number of nitrogens with one attached hydrogen (secondary N) is 2. The maximum absolute atomic E-state index is 11.1. The molecule has 1 aromatic heterocycles. The number of ether oxygens (including phenoxy) is 1.